The third-order valence-corrected chi connectivity index (χ3v) is 6.32. The second kappa shape index (κ2) is 8.28. The first kappa shape index (κ1) is 20.1. The third-order valence-electron chi connectivity index (χ3n) is 6.32. The molecule has 3 aliphatic rings. The summed E-state index contributed by atoms with van der Waals surface area (Å²) < 4.78 is 19.8. The van der Waals surface area contributed by atoms with Crippen LogP contribution in [0.2, 0.25) is 0 Å². The van der Waals surface area contributed by atoms with Gasteiger partial charge in [-0.15, -0.1) is 0 Å². The lowest BCUT2D eigenvalue weighted by atomic mass is 10.0. The van der Waals surface area contributed by atoms with E-state index < -0.39 is 6.04 Å². The van der Waals surface area contributed by atoms with Gasteiger partial charge in [-0.2, -0.15) is 0 Å². The predicted molar refractivity (Wildman–Crippen MR) is 107 cm³/mol. The molecule has 3 atom stereocenters. The van der Waals surface area contributed by atoms with E-state index in [-0.39, 0.29) is 29.7 Å². The van der Waals surface area contributed by atoms with Crippen LogP contribution in [0.4, 0.5) is 10.1 Å². The highest BCUT2D eigenvalue weighted by Gasteiger charge is 2.34. The fourth-order valence-corrected chi connectivity index (χ4v) is 4.60. The predicted octanol–water partition coefficient (Wildman–Crippen LogP) is 0.909. The summed E-state index contributed by atoms with van der Waals surface area (Å²) in [5.74, 6) is -0.263. The van der Waals surface area contributed by atoms with Gasteiger partial charge in [0.2, 0.25) is 11.8 Å². The SMILES string of the molecule is CC(=O)N1CCN([C@H]2COC[C@H](NC(=O)C3Cc4c(F)ccc(C)c4N3)C2)CC1. The van der Waals surface area contributed by atoms with Crippen molar-refractivity contribution in [2.75, 3.05) is 44.7 Å². The molecule has 2 N–H and O–H groups in total. The van der Waals surface area contributed by atoms with E-state index in [0.717, 1.165) is 43.9 Å². The molecule has 1 unspecified atom stereocenters. The minimum absolute atomic E-state index is 0.0662. The molecule has 7 nitrogen and oxygen atoms in total. The van der Waals surface area contributed by atoms with Crippen LogP contribution in [0.15, 0.2) is 12.1 Å². The van der Waals surface area contributed by atoms with E-state index in [1.54, 1.807) is 13.0 Å². The number of benzene rings is 1. The zero-order valence-electron chi connectivity index (χ0n) is 17.0. The fourth-order valence-electron chi connectivity index (χ4n) is 4.60. The molecule has 4 rings (SSSR count). The maximum absolute atomic E-state index is 14.1. The molecule has 3 aliphatic heterocycles. The van der Waals surface area contributed by atoms with Crippen LogP contribution in [0.25, 0.3) is 0 Å². The quantitative estimate of drug-likeness (QED) is 0.784. The minimum Gasteiger partial charge on any atom is -0.378 e. The number of ether oxygens (including phenoxy) is 1. The first-order valence-corrected chi connectivity index (χ1v) is 10.3. The number of carbonyl (C=O) groups excluding carboxylic acids is 2. The van der Waals surface area contributed by atoms with Crippen molar-refractivity contribution in [1.29, 1.82) is 0 Å². The first-order valence-electron chi connectivity index (χ1n) is 10.3. The van der Waals surface area contributed by atoms with Crippen molar-refractivity contribution in [2.45, 2.75) is 44.8 Å². The number of hydrogen-bond acceptors (Lipinski definition) is 5. The summed E-state index contributed by atoms with van der Waals surface area (Å²) in [6.07, 6.45) is 1.18. The summed E-state index contributed by atoms with van der Waals surface area (Å²) in [6.45, 7) is 7.77. The molecule has 1 aromatic carbocycles. The van der Waals surface area contributed by atoms with Gasteiger partial charge in [0.1, 0.15) is 11.9 Å². The van der Waals surface area contributed by atoms with Gasteiger partial charge in [-0.25, -0.2) is 4.39 Å². The molecule has 8 heteroatoms. The Balaban J connectivity index is 1.31. The molecule has 2 fully saturated rings. The lowest BCUT2D eigenvalue weighted by molar-refractivity contribution is -0.132. The van der Waals surface area contributed by atoms with E-state index in [4.69, 9.17) is 4.74 Å². The number of nitrogens with one attached hydrogen (secondary N) is 2. The van der Waals surface area contributed by atoms with Crippen molar-refractivity contribution in [3.05, 3.63) is 29.1 Å². The highest BCUT2D eigenvalue weighted by atomic mass is 19.1. The van der Waals surface area contributed by atoms with Crippen LogP contribution in [0.1, 0.15) is 24.5 Å². The van der Waals surface area contributed by atoms with E-state index >= 15 is 0 Å². The Morgan fingerprint density at radius 3 is 2.66 bits per heavy atom. The number of rotatable bonds is 3. The van der Waals surface area contributed by atoms with Gasteiger partial charge in [0.15, 0.2) is 0 Å². The average molecular weight is 404 g/mol. The van der Waals surface area contributed by atoms with Crippen molar-refractivity contribution in [3.63, 3.8) is 0 Å². The van der Waals surface area contributed by atoms with Crippen molar-refractivity contribution in [3.8, 4) is 0 Å². The number of hydrogen-bond donors (Lipinski definition) is 2. The third kappa shape index (κ3) is 4.23. The van der Waals surface area contributed by atoms with Crippen molar-refractivity contribution in [1.82, 2.24) is 15.1 Å². The molecule has 0 spiro atoms. The number of nitrogens with zero attached hydrogens (tertiary/aromatic N) is 2. The van der Waals surface area contributed by atoms with Crippen LogP contribution in [0, 0.1) is 12.7 Å². The second-order valence-corrected chi connectivity index (χ2v) is 8.29. The van der Waals surface area contributed by atoms with Crippen molar-refractivity contribution in [2.24, 2.45) is 0 Å². The van der Waals surface area contributed by atoms with Gasteiger partial charge in [-0.1, -0.05) is 6.07 Å². The highest BCUT2D eigenvalue weighted by molar-refractivity contribution is 5.88. The minimum atomic E-state index is -0.458. The number of carbonyl (C=O) groups is 2. The molecular formula is C21H29FN4O3. The van der Waals surface area contributed by atoms with E-state index in [2.05, 4.69) is 15.5 Å². The zero-order valence-corrected chi connectivity index (χ0v) is 17.0. The van der Waals surface area contributed by atoms with E-state index in [0.29, 0.717) is 25.2 Å². The molecule has 158 valence electrons. The topological polar surface area (TPSA) is 73.9 Å². The van der Waals surface area contributed by atoms with Crippen LogP contribution in [0.3, 0.4) is 0 Å². The Labute approximate surface area is 170 Å². The number of fused-ring (bicyclic) bond motifs is 1. The summed E-state index contributed by atoms with van der Waals surface area (Å²) >= 11 is 0. The Bertz CT molecular complexity index is 763. The Hall–Kier alpha value is -2.19. The summed E-state index contributed by atoms with van der Waals surface area (Å²) in [7, 11) is 0. The standard InChI is InChI=1S/C21H29FN4O3/c1-13-3-4-18(22)17-10-19(24-20(13)17)21(28)23-15-9-16(12-29-11-15)26-7-5-25(6-8-26)14(2)27/h3-4,15-16,19,24H,5-12H2,1-2H3,(H,23,28)/t15-,16-,19?/m1/s1. The van der Waals surface area contributed by atoms with Gasteiger partial charge in [0.05, 0.1) is 19.3 Å². The molecule has 0 aliphatic carbocycles. The van der Waals surface area contributed by atoms with Crippen molar-refractivity contribution < 1.29 is 18.7 Å². The van der Waals surface area contributed by atoms with Gasteiger partial charge in [-0.05, 0) is 25.0 Å². The van der Waals surface area contributed by atoms with E-state index in [1.807, 2.05) is 11.8 Å². The Morgan fingerprint density at radius 1 is 1.21 bits per heavy atom. The van der Waals surface area contributed by atoms with Crippen LogP contribution in [0.5, 0.6) is 0 Å². The van der Waals surface area contributed by atoms with Crippen LogP contribution in [-0.4, -0.2) is 79.1 Å². The normalized spacial score (nSPS) is 27.3. The van der Waals surface area contributed by atoms with Gasteiger partial charge < -0.3 is 20.3 Å². The molecular weight excluding hydrogens is 375 g/mol. The van der Waals surface area contributed by atoms with E-state index in [9.17, 15) is 14.0 Å². The summed E-state index contributed by atoms with van der Waals surface area (Å²) in [5, 5.41) is 6.27. The Kier molecular flexibility index (Phi) is 5.74. The molecule has 0 radical (unpaired) electrons. The molecule has 2 saturated heterocycles. The number of aryl methyl sites for hydroxylation is 1. The lowest BCUT2D eigenvalue weighted by Crippen LogP contribution is -2.57. The van der Waals surface area contributed by atoms with Crippen LogP contribution < -0.4 is 10.6 Å². The van der Waals surface area contributed by atoms with Gasteiger partial charge in [-0.3, -0.25) is 14.5 Å². The molecule has 0 bridgehead atoms. The van der Waals surface area contributed by atoms with E-state index in [1.165, 1.54) is 6.07 Å². The average Bonchev–Trinajstić information content (AvgIpc) is 3.18. The van der Waals surface area contributed by atoms with Crippen LogP contribution >= 0.6 is 0 Å². The number of amides is 2. The molecule has 3 heterocycles. The summed E-state index contributed by atoms with van der Waals surface area (Å²) in [5.41, 5.74) is 2.28. The number of piperazine rings is 1. The van der Waals surface area contributed by atoms with Gasteiger partial charge >= 0.3 is 0 Å². The maximum atomic E-state index is 14.1. The maximum Gasteiger partial charge on any atom is 0.243 e. The number of anilines is 1. The summed E-state index contributed by atoms with van der Waals surface area (Å²) in [6, 6.07) is 2.90. The Morgan fingerprint density at radius 2 is 1.97 bits per heavy atom. The first-order chi connectivity index (χ1) is 13.9. The monoisotopic (exact) mass is 404 g/mol. The zero-order chi connectivity index (χ0) is 20.5. The molecule has 1 aromatic rings. The molecule has 0 saturated carbocycles. The molecule has 0 aromatic heterocycles. The largest absolute Gasteiger partial charge is 0.378 e. The van der Waals surface area contributed by atoms with Crippen LogP contribution in [-0.2, 0) is 20.7 Å². The van der Waals surface area contributed by atoms with Crippen molar-refractivity contribution >= 4 is 17.5 Å². The fraction of sp³-hybridized carbons (Fsp3) is 0.619. The second-order valence-electron chi connectivity index (χ2n) is 8.29. The lowest BCUT2D eigenvalue weighted by Gasteiger charge is -2.42. The van der Waals surface area contributed by atoms with Gasteiger partial charge in [0.25, 0.3) is 0 Å². The summed E-state index contributed by atoms with van der Waals surface area (Å²) in [4.78, 5) is 28.5. The highest BCUT2D eigenvalue weighted by Crippen LogP contribution is 2.31. The molecule has 29 heavy (non-hydrogen) atoms. The molecule has 2 amide bonds. The number of halogens is 1. The van der Waals surface area contributed by atoms with Gasteiger partial charge in [0, 0.05) is 56.8 Å². The smallest absolute Gasteiger partial charge is 0.243 e.